The van der Waals surface area contributed by atoms with Crippen molar-refractivity contribution in [2.24, 2.45) is 0 Å². The molecule has 0 heterocycles. The lowest BCUT2D eigenvalue weighted by Gasteiger charge is -2.12. The predicted octanol–water partition coefficient (Wildman–Crippen LogP) is 4.47. The molecule has 1 N–H and O–H groups in total. The molecular weight excluding hydrogens is 290 g/mol. The maximum atomic E-state index is 12.3. The Morgan fingerprint density at radius 2 is 1.70 bits per heavy atom. The maximum absolute atomic E-state index is 12.3. The molecule has 0 bridgehead atoms. The summed E-state index contributed by atoms with van der Waals surface area (Å²) in [6, 6.07) is 13.1. The predicted molar refractivity (Wildman–Crippen MR) is 92.6 cm³/mol. The van der Waals surface area contributed by atoms with E-state index in [4.69, 9.17) is 9.47 Å². The van der Waals surface area contributed by atoms with Gasteiger partial charge in [0.2, 0.25) is 0 Å². The fourth-order valence-electron chi connectivity index (χ4n) is 2.31. The van der Waals surface area contributed by atoms with Crippen LogP contribution in [0.2, 0.25) is 0 Å². The van der Waals surface area contributed by atoms with Gasteiger partial charge >= 0.3 is 0 Å². The van der Waals surface area contributed by atoms with Crippen LogP contribution < -0.4 is 14.8 Å². The summed E-state index contributed by atoms with van der Waals surface area (Å²) in [6.07, 6.45) is 1.09. The van der Waals surface area contributed by atoms with E-state index in [1.807, 2.05) is 12.1 Å². The average molecular weight is 313 g/mol. The van der Waals surface area contributed by atoms with Gasteiger partial charge in [-0.1, -0.05) is 26.0 Å². The van der Waals surface area contributed by atoms with Crippen LogP contribution in [0.4, 0.5) is 5.69 Å². The van der Waals surface area contributed by atoms with Gasteiger partial charge in [-0.05, 0) is 48.2 Å². The third-order valence-electron chi connectivity index (χ3n) is 4.00. The van der Waals surface area contributed by atoms with E-state index in [1.54, 1.807) is 32.4 Å². The van der Waals surface area contributed by atoms with Gasteiger partial charge in [-0.2, -0.15) is 0 Å². The van der Waals surface area contributed by atoms with Crippen molar-refractivity contribution in [1.29, 1.82) is 0 Å². The Kier molecular flexibility index (Phi) is 5.63. The molecule has 0 aromatic heterocycles. The van der Waals surface area contributed by atoms with E-state index in [1.165, 1.54) is 5.56 Å². The third kappa shape index (κ3) is 4.03. The molecule has 4 heteroatoms. The zero-order chi connectivity index (χ0) is 16.8. The molecule has 122 valence electrons. The fourth-order valence-corrected chi connectivity index (χ4v) is 2.31. The monoisotopic (exact) mass is 313 g/mol. The summed E-state index contributed by atoms with van der Waals surface area (Å²) in [7, 11) is 3.11. The minimum absolute atomic E-state index is 0.178. The number of methoxy groups -OCH3 is 2. The topological polar surface area (TPSA) is 47.6 Å². The second-order valence-corrected chi connectivity index (χ2v) is 5.46. The molecule has 2 aromatic carbocycles. The molecule has 0 fully saturated rings. The first kappa shape index (κ1) is 16.9. The standard InChI is InChI=1S/C19H23NO3/c1-5-13(2)14-6-9-16(10-7-14)20-19(21)15-8-11-17(22-3)18(12-15)23-4/h6-13H,5H2,1-4H3,(H,20,21). The molecule has 0 spiro atoms. The van der Waals surface area contributed by atoms with Crippen LogP contribution in [0.15, 0.2) is 42.5 Å². The van der Waals surface area contributed by atoms with Crippen LogP contribution in [-0.2, 0) is 0 Å². The summed E-state index contributed by atoms with van der Waals surface area (Å²) in [5, 5.41) is 2.90. The second kappa shape index (κ2) is 7.68. The largest absolute Gasteiger partial charge is 0.493 e. The van der Waals surface area contributed by atoms with E-state index < -0.39 is 0 Å². The van der Waals surface area contributed by atoms with Crippen LogP contribution >= 0.6 is 0 Å². The van der Waals surface area contributed by atoms with Gasteiger partial charge in [0.1, 0.15) is 0 Å². The second-order valence-electron chi connectivity index (χ2n) is 5.46. The SMILES string of the molecule is CCC(C)c1ccc(NC(=O)c2ccc(OC)c(OC)c2)cc1. The number of carbonyl (C=O) groups excluding carboxylic acids is 1. The van der Waals surface area contributed by atoms with E-state index in [0.29, 0.717) is 23.0 Å². The van der Waals surface area contributed by atoms with Gasteiger partial charge in [0.05, 0.1) is 14.2 Å². The maximum Gasteiger partial charge on any atom is 0.255 e. The van der Waals surface area contributed by atoms with Gasteiger partial charge in [-0.15, -0.1) is 0 Å². The van der Waals surface area contributed by atoms with Crippen molar-refractivity contribution >= 4 is 11.6 Å². The number of rotatable bonds is 6. The number of nitrogens with one attached hydrogen (secondary N) is 1. The van der Waals surface area contributed by atoms with Crippen LogP contribution in [0.3, 0.4) is 0 Å². The molecule has 2 aromatic rings. The molecule has 0 aliphatic heterocycles. The molecule has 1 unspecified atom stereocenters. The number of carbonyl (C=O) groups is 1. The zero-order valence-electron chi connectivity index (χ0n) is 14.1. The Bertz CT molecular complexity index is 665. The summed E-state index contributed by atoms with van der Waals surface area (Å²) < 4.78 is 10.4. The van der Waals surface area contributed by atoms with E-state index in [2.05, 4.69) is 31.3 Å². The molecule has 4 nitrogen and oxygen atoms in total. The van der Waals surface area contributed by atoms with Crippen LogP contribution in [0, 0.1) is 0 Å². The Balaban J connectivity index is 2.12. The van der Waals surface area contributed by atoms with Crippen molar-refractivity contribution in [3.05, 3.63) is 53.6 Å². The third-order valence-corrected chi connectivity index (χ3v) is 4.00. The minimum Gasteiger partial charge on any atom is -0.493 e. The molecule has 0 aliphatic rings. The van der Waals surface area contributed by atoms with Gasteiger partial charge < -0.3 is 14.8 Å². The van der Waals surface area contributed by atoms with Crippen LogP contribution in [0.1, 0.15) is 42.1 Å². The Labute approximate surface area is 137 Å². The van der Waals surface area contributed by atoms with Gasteiger partial charge in [0.25, 0.3) is 5.91 Å². The number of benzene rings is 2. The quantitative estimate of drug-likeness (QED) is 0.856. The Hall–Kier alpha value is -2.49. The first-order chi connectivity index (χ1) is 11.1. The highest BCUT2D eigenvalue weighted by Crippen LogP contribution is 2.28. The molecule has 0 saturated heterocycles. The number of amides is 1. The first-order valence-corrected chi connectivity index (χ1v) is 7.72. The molecule has 2 rings (SSSR count). The van der Waals surface area contributed by atoms with Gasteiger partial charge in [-0.25, -0.2) is 0 Å². The molecule has 0 radical (unpaired) electrons. The first-order valence-electron chi connectivity index (χ1n) is 7.72. The average Bonchev–Trinajstić information content (AvgIpc) is 2.60. The summed E-state index contributed by atoms with van der Waals surface area (Å²) >= 11 is 0. The minimum atomic E-state index is -0.178. The Morgan fingerprint density at radius 3 is 2.26 bits per heavy atom. The molecule has 23 heavy (non-hydrogen) atoms. The lowest BCUT2D eigenvalue weighted by Crippen LogP contribution is -2.12. The summed E-state index contributed by atoms with van der Waals surface area (Å²) in [6.45, 7) is 4.36. The van der Waals surface area contributed by atoms with Crippen molar-refractivity contribution < 1.29 is 14.3 Å². The molecule has 0 aliphatic carbocycles. The van der Waals surface area contributed by atoms with Gasteiger partial charge in [0, 0.05) is 11.3 Å². The van der Waals surface area contributed by atoms with Crippen molar-refractivity contribution in [2.75, 3.05) is 19.5 Å². The van der Waals surface area contributed by atoms with Crippen LogP contribution in [0.5, 0.6) is 11.5 Å². The van der Waals surface area contributed by atoms with Crippen LogP contribution in [-0.4, -0.2) is 20.1 Å². The van der Waals surface area contributed by atoms with Crippen molar-refractivity contribution in [2.45, 2.75) is 26.2 Å². The van der Waals surface area contributed by atoms with Crippen molar-refractivity contribution in [3.63, 3.8) is 0 Å². The number of anilines is 1. The molecule has 0 saturated carbocycles. The van der Waals surface area contributed by atoms with Crippen molar-refractivity contribution in [1.82, 2.24) is 0 Å². The van der Waals surface area contributed by atoms with Crippen molar-refractivity contribution in [3.8, 4) is 11.5 Å². The number of hydrogen-bond acceptors (Lipinski definition) is 3. The summed E-state index contributed by atoms with van der Waals surface area (Å²) in [5.74, 6) is 1.47. The van der Waals surface area contributed by atoms with Crippen LogP contribution in [0.25, 0.3) is 0 Å². The number of ether oxygens (including phenoxy) is 2. The summed E-state index contributed by atoms with van der Waals surface area (Å²) in [4.78, 5) is 12.3. The van der Waals surface area contributed by atoms with E-state index in [-0.39, 0.29) is 5.91 Å². The summed E-state index contributed by atoms with van der Waals surface area (Å²) in [5.41, 5.74) is 2.57. The van der Waals surface area contributed by atoms with E-state index >= 15 is 0 Å². The fraction of sp³-hybridized carbons (Fsp3) is 0.316. The highest BCUT2D eigenvalue weighted by Gasteiger charge is 2.11. The lowest BCUT2D eigenvalue weighted by molar-refractivity contribution is 0.102. The van der Waals surface area contributed by atoms with E-state index in [9.17, 15) is 4.79 Å². The highest BCUT2D eigenvalue weighted by molar-refractivity contribution is 6.04. The highest BCUT2D eigenvalue weighted by atomic mass is 16.5. The molecule has 1 atom stereocenters. The lowest BCUT2D eigenvalue weighted by atomic mass is 9.98. The Morgan fingerprint density at radius 1 is 1.04 bits per heavy atom. The van der Waals surface area contributed by atoms with E-state index in [0.717, 1.165) is 12.1 Å². The normalized spacial score (nSPS) is 11.7. The molecular formula is C19H23NO3. The smallest absolute Gasteiger partial charge is 0.255 e. The molecule has 1 amide bonds. The van der Waals surface area contributed by atoms with Gasteiger partial charge in [-0.3, -0.25) is 4.79 Å². The number of hydrogen-bond donors (Lipinski definition) is 1. The van der Waals surface area contributed by atoms with Gasteiger partial charge in [0.15, 0.2) is 11.5 Å². The zero-order valence-corrected chi connectivity index (χ0v) is 14.1.